The van der Waals surface area contributed by atoms with Gasteiger partial charge in [0.05, 0.1) is 32.1 Å². The van der Waals surface area contributed by atoms with Crippen LogP contribution in [0.3, 0.4) is 0 Å². The molecule has 0 unspecified atom stereocenters. The van der Waals surface area contributed by atoms with Crippen molar-refractivity contribution in [3.63, 3.8) is 0 Å². The highest BCUT2D eigenvalue weighted by molar-refractivity contribution is 6.00. The third-order valence-electron chi connectivity index (χ3n) is 4.95. The van der Waals surface area contributed by atoms with Crippen LogP contribution in [0.5, 0.6) is 11.5 Å². The molecule has 1 amide bonds. The summed E-state index contributed by atoms with van der Waals surface area (Å²) in [5, 5.41) is 0. The zero-order valence-electron chi connectivity index (χ0n) is 17.0. The largest absolute Gasteiger partial charge is 0.496 e. The van der Waals surface area contributed by atoms with Crippen molar-refractivity contribution in [2.75, 3.05) is 51.9 Å². The molecule has 1 heterocycles. The van der Waals surface area contributed by atoms with E-state index in [1.54, 1.807) is 36.1 Å². The number of anilines is 1. The Hall–Kier alpha value is -3.22. The first kappa shape index (κ1) is 20.5. The lowest BCUT2D eigenvalue weighted by Gasteiger charge is -2.37. The lowest BCUT2D eigenvalue weighted by atomic mass is 10.1. The fraction of sp³-hybridized carbons (Fsp3) is 0.364. The van der Waals surface area contributed by atoms with Gasteiger partial charge in [-0.3, -0.25) is 4.79 Å². The minimum absolute atomic E-state index is 0.127. The molecule has 7 nitrogen and oxygen atoms in total. The summed E-state index contributed by atoms with van der Waals surface area (Å²) in [6.45, 7) is 4.39. The smallest absolute Gasteiger partial charge is 0.340 e. The van der Waals surface area contributed by atoms with Gasteiger partial charge in [0.1, 0.15) is 17.1 Å². The van der Waals surface area contributed by atoms with E-state index in [0.717, 1.165) is 5.69 Å². The monoisotopic (exact) mass is 398 g/mol. The maximum Gasteiger partial charge on any atom is 0.340 e. The number of hydrogen-bond acceptors (Lipinski definition) is 6. The van der Waals surface area contributed by atoms with Crippen molar-refractivity contribution < 1.29 is 23.8 Å². The first-order chi connectivity index (χ1) is 14.1. The quantitative estimate of drug-likeness (QED) is 0.697. The number of para-hydroxylation sites is 1. The van der Waals surface area contributed by atoms with Crippen LogP contribution in [-0.2, 0) is 4.74 Å². The third kappa shape index (κ3) is 4.29. The van der Waals surface area contributed by atoms with E-state index in [0.29, 0.717) is 55.4 Å². The van der Waals surface area contributed by atoms with Crippen molar-refractivity contribution in [2.24, 2.45) is 0 Å². The summed E-state index contributed by atoms with van der Waals surface area (Å²) in [6, 6.07) is 12.7. The normalized spacial score (nSPS) is 13.8. The Morgan fingerprint density at radius 3 is 2.10 bits per heavy atom. The third-order valence-corrected chi connectivity index (χ3v) is 4.95. The molecule has 1 aliphatic heterocycles. The highest BCUT2D eigenvalue weighted by Crippen LogP contribution is 2.30. The molecule has 154 valence electrons. The highest BCUT2D eigenvalue weighted by Gasteiger charge is 2.28. The topological polar surface area (TPSA) is 68.3 Å². The molecular formula is C22H26N2O5. The SMILES string of the molecule is CCOC(=O)c1ccccc1N1CCN(C(=O)c2c(OC)cccc2OC)CC1. The van der Waals surface area contributed by atoms with Crippen molar-refractivity contribution in [1.82, 2.24) is 4.90 Å². The summed E-state index contributed by atoms with van der Waals surface area (Å²) in [4.78, 5) is 29.3. The number of carbonyl (C=O) groups is 2. The molecule has 0 aliphatic carbocycles. The molecule has 3 rings (SSSR count). The van der Waals surface area contributed by atoms with Gasteiger partial charge in [-0.2, -0.15) is 0 Å². The fourth-order valence-corrected chi connectivity index (χ4v) is 3.50. The van der Waals surface area contributed by atoms with Gasteiger partial charge in [-0.1, -0.05) is 18.2 Å². The molecule has 2 aromatic carbocycles. The second-order valence-electron chi connectivity index (χ2n) is 6.55. The Kier molecular flexibility index (Phi) is 6.59. The van der Waals surface area contributed by atoms with Crippen LogP contribution in [0.25, 0.3) is 0 Å². The van der Waals surface area contributed by atoms with Crippen LogP contribution < -0.4 is 14.4 Å². The molecule has 1 saturated heterocycles. The van der Waals surface area contributed by atoms with E-state index in [1.165, 1.54) is 14.2 Å². The Balaban J connectivity index is 1.76. The lowest BCUT2D eigenvalue weighted by molar-refractivity contribution is 0.0526. The van der Waals surface area contributed by atoms with Crippen molar-refractivity contribution >= 4 is 17.6 Å². The van der Waals surface area contributed by atoms with Crippen LogP contribution >= 0.6 is 0 Å². The van der Waals surface area contributed by atoms with Gasteiger partial charge in [-0.15, -0.1) is 0 Å². The molecule has 0 bridgehead atoms. The number of carbonyl (C=O) groups excluding carboxylic acids is 2. The van der Waals surface area contributed by atoms with E-state index in [1.807, 2.05) is 18.2 Å². The summed E-state index contributed by atoms with van der Waals surface area (Å²) >= 11 is 0. The number of nitrogens with zero attached hydrogens (tertiary/aromatic N) is 2. The van der Waals surface area contributed by atoms with Gasteiger partial charge in [0.2, 0.25) is 0 Å². The number of piperazine rings is 1. The summed E-state index contributed by atoms with van der Waals surface area (Å²) in [7, 11) is 3.08. The molecule has 0 spiro atoms. The van der Waals surface area contributed by atoms with E-state index in [9.17, 15) is 9.59 Å². The van der Waals surface area contributed by atoms with Crippen LogP contribution in [-0.4, -0.2) is 63.8 Å². The Bertz CT molecular complexity index is 853. The van der Waals surface area contributed by atoms with Crippen molar-refractivity contribution in [1.29, 1.82) is 0 Å². The van der Waals surface area contributed by atoms with Gasteiger partial charge < -0.3 is 24.0 Å². The molecule has 0 N–H and O–H groups in total. The molecule has 1 fully saturated rings. The summed E-state index contributed by atoms with van der Waals surface area (Å²) in [5.74, 6) is 0.520. The Morgan fingerprint density at radius 1 is 0.897 bits per heavy atom. The highest BCUT2D eigenvalue weighted by atomic mass is 16.5. The maximum absolute atomic E-state index is 13.1. The minimum atomic E-state index is -0.333. The first-order valence-electron chi connectivity index (χ1n) is 9.62. The average molecular weight is 398 g/mol. The number of benzene rings is 2. The standard InChI is InChI=1S/C22H26N2O5/c1-4-29-22(26)16-8-5-6-9-17(16)23-12-14-24(15-13-23)21(25)20-18(27-2)10-7-11-19(20)28-3/h5-11H,4,12-15H2,1-3H3. The summed E-state index contributed by atoms with van der Waals surface area (Å²) < 4.78 is 15.9. The van der Waals surface area contributed by atoms with Gasteiger partial charge in [0, 0.05) is 26.2 Å². The molecule has 0 radical (unpaired) electrons. The van der Waals surface area contributed by atoms with E-state index in [-0.39, 0.29) is 11.9 Å². The zero-order valence-corrected chi connectivity index (χ0v) is 17.0. The number of esters is 1. The van der Waals surface area contributed by atoms with Crippen LogP contribution in [0.2, 0.25) is 0 Å². The van der Waals surface area contributed by atoms with Crippen molar-refractivity contribution in [2.45, 2.75) is 6.92 Å². The molecule has 7 heteroatoms. The predicted molar refractivity (Wildman–Crippen MR) is 110 cm³/mol. The molecule has 0 aromatic heterocycles. The molecule has 1 aliphatic rings. The zero-order chi connectivity index (χ0) is 20.8. The molecule has 2 aromatic rings. The van der Waals surface area contributed by atoms with Gasteiger partial charge in [-0.05, 0) is 31.2 Å². The van der Waals surface area contributed by atoms with Gasteiger partial charge in [0.25, 0.3) is 5.91 Å². The maximum atomic E-state index is 13.1. The molecule has 0 atom stereocenters. The number of hydrogen-bond donors (Lipinski definition) is 0. The molecule has 29 heavy (non-hydrogen) atoms. The summed E-state index contributed by atoms with van der Waals surface area (Å²) in [5.41, 5.74) is 1.80. The minimum Gasteiger partial charge on any atom is -0.496 e. The van der Waals surface area contributed by atoms with E-state index in [2.05, 4.69) is 4.90 Å². The van der Waals surface area contributed by atoms with Gasteiger partial charge in [0.15, 0.2) is 0 Å². The van der Waals surface area contributed by atoms with Gasteiger partial charge >= 0.3 is 5.97 Å². The molecule has 0 saturated carbocycles. The number of ether oxygens (including phenoxy) is 3. The Morgan fingerprint density at radius 2 is 1.52 bits per heavy atom. The number of rotatable bonds is 6. The van der Waals surface area contributed by atoms with Crippen LogP contribution in [0.4, 0.5) is 5.69 Å². The van der Waals surface area contributed by atoms with Gasteiger partial charge in [-0.25, -0.2) is 4.79 Å². The van der Waals surface area contributed by atoms with Crippen LogP contribution in [0, 0.1) is 0 Å². The second-order valence-corrected chi connectivity index (χ2v) is 6.55. The van der Waals surface area contributed by atoms with Crippen LogP contribution in [0.15, 0.2) is 42.5 Å². The number of amides is 1. The Labute approximate surface area is 170 Å². The fourth-order valence-electron chi connectivity index (χ4n) is 3.50. The van der Waals surface area contributed by atoms with Crippen molar-refractivity contribution in [3.8, 4) is 11.5 Å². The predicted octanol–water partition coefficient (Wildman–Crippen LogP) is 2.84. The second kappa shape index (κ2) is 9.32. The van der Waals surface area contributed by atoms with E-state index >= 15 is 0 Å². The van der Waals surface area contributed by atoms with Crippen molar-refractivity contribution in [3.05, 3.63) is 53.6 Å². The van der Waals surface area contributed by atoms with E-state index in [4.69, 9.17) is 14.2 Å². The average Bonchev–Trinajstić information content (AvgIpc) is 2.78. The first-order valence-corrected chi connectivity index (χ1v) is 9.62. The summed E-state index contributed by atoms with van der Waals surface area (Å²) in [6.07, 6.45) is 0. The van der Waals surface area contributed by atoms with E-state index < -0.39 is 0 Å². The lowest BCUT2D eigenvalue weighted by Crippen LogP contribution is -2.49. The van der Waals surface area contributed by atoms with Crippen LogP contribution in [0.1, 0.15) is 27.6 Å². The molecular weight excluding hydrogens is 372 g/mol. The number of methoxy groups -OCH3 is 2.